The summed E-state index contributed by atoms with van der Waals surface area (Å²) in [6, 6.07) is 10.2. The first kappa shape index (κ1) is 14.6. The molecule has 2 unspecified atom stereocenters. The summed E-state index contributed by atoms with van der Waals surface area (Å²) >= 11 is 0. The lowest BCUT2D eigenvalue weighted by Gasteiger charge is -2.25. The normalized spacial score (nSPS) is 26.7. The Hall–Kier alpha value is -1.35. The summed E-state index contributed by atoms with van der Waals surface area (Å²) < 4.78 is 0. The van der Waals surface area contributed by atoms with Crippen LogP contribution in [0, 0.1) is 5.92 Å². The average molecular weight is 286 g/mol. The Morgan fingerprint density at radius 1 is 1.19 bits per heavy atom. The summed E-state index contributed by atoms with van der Waals surface area (Å²) in [5.41, 5.74) is 1.19. The number of nitrogens with zero attached hydrogens (tertiary/aromatic N) is 1. The van der Waals surface area contributed by atoms with Gasteiger partial charge in [0.25, 0.3) is 0 Å². The number of rotatable bonds is 5. The van der Waals surface area contributed by atoms with Crippen molar-refractivity contribution in [1.82, 2.24) is 10.2 Å². The SMILES string of the molecule is CC1NC(c2ccccc2)N(CCCC2CCCC2)C1=O. The van der Waals surface area contributed by atoms with E-state index in [0.717, 1.165) is 18.9 Å². The quantitative estimate of drug-likeness (QED) is 0.899. The molecule has 1 amide bonds. The summed E-state index contributed by atoms with van der Waals surface area (Å²) in [4.78, 5) is 14.4. The first-order valence-corrected chi connectivity index (χ1v) is 8.37. The van der Waals surface area contributed by atoms with E-state index < -0.39 is 0 Å². The average Bonchev–Trinajstić information content (AvgIpc) is 3.11. The minimum atomic E-state index is -0.0679. The molecule has 2 fully saturated rings. The molecule has 1 saturated heterocycles. The van der Waals surface area contributed by atoms with Crippen molar-refractivity contribution in [3.63, 3.8) is 0 Å². The highest BCUT2D eigenvalue weighted by atomic mass is 16.2. The molecule has 3 nitrogen and oxygen atoms in total. The van der Waals surface area contributed by atoms with Crippen LogP contribution in [0.3, 0.4) is 0 Å². The number of hydrogen-bond donors (Lipinski definition) is 1. The van der Waals surface area contributed by atoms with Crippen molar-refractivity contribution in [2.24, 2.45) is 5.92 Å². The summed E-state index contributed by atoms with van der Waals surface area (Å²) in [7, 11) is 0. The molecule has 114 valence electrons. The van der Waals surface area contributed by atoms with Gasteiger partial charge in [-0.1, -0.05) is 56.0 Å². The first-order chi connectivity index (χ1) is 10.3. The van der Waals surface area contributed by atoms with Gasteiger partial charge in [-0.3, -0.25) is 10.1 Å². The molecule has 1 aromatic rings. The summed E-state index contributed by atoms with van der Waals surface area (Å²) in [6.45, 7) is 2.85. The molecule has 0 spiro atoms. The van der Waals surface area contributed by atoms with E-state index in [9.17, 15) is 4.79 Å². The lowest BCUT2D eigenvalue weighted by atomic mass is 10.0. The van der Waals surface area contributed by atoms with Crippen molar-refractivity contribution in [2.45, 2.75) is 57.7 Å². The Morgan fingerprint density at radius 2 is 1.90 bits per heavy atom. The van der Waals surface area contributed by atoms with Crippen molar-refractivity contribution in [3.05, 3.63) is 35.9 Å². The van der Waals surface area contributed by atoms with Crippen LogP contribution in [0.25, 0.3) is 0 Å². The second-order valence-corrected chi connectivity index (χ2v) is 6.53. The highest BCUT2D eigenvalue weighted by molar-refractivity contribution is 5.84. The van der Waals surface area contributed by atoms with Crippen molar-refractivity contribution in [1.29, 1.82) is 0 Å². The maximum Gasteiger partial charge on any atom is 0.241 e. The van der Waals surface area contributed by atoms with Crippen LogP contribution < -0.4 is 5.32 Å². The van der Waals surface area contributed by atoms with Crippen molar-refractivity contribution in [3.8, 4) is 0 Å². The van der Waals surface area contributed by atoms with Gasteiger partial charge in [0.15, 0.2) is 0 Å². The fraction of sp³-hybridized carbons (Fsp3) is 0.611. The first-order valence-electron chi connectivity index (χ1n) is 8.37. The van der Waals surface area contributed by atoms with Gasteiger partial charge in [0.05, 0.1) is 6.04 Å². The fourth-order valence-corrected chi connectivity index (χ4v) is 3.77. The van der Waals surface area contributed by atoms with Crippen molar-refractivity contribution < 1.29 is 4.79 Å². The molecule has 1 aliphatic heterocycles. The van der Waals surface area contributed by atoms with Gasteiger partial charge in [-0.25, -0.2) is 0 Å². The van der Waals surface area contributed by atoms with Gasteiger partial charge >= 0.3 is 0 Å². The van der Waals surface area contributed by atoms with E-state index in [0.29, 0.717) is 0 Å². The maximum atomic E-state index is 12.4. The molecule has 1 N–H and O–H groups in total. The van der Waals surface area contributed by atoms with Crippen LogP contribution in [0.2, 0.25) is 0 Å². The number of hydrogen-bond acceptors (Lipinski definition) is 2. The molecule has 3 heteroatoms. The van der Waals surface area contributed by atoms with Crippen LogP contribution in [0.5, 0.6) is 0 Å². The van der Waals surface area contributed by atoms with Crippen LogP contribution in [-0.4, -0.2) is 23.4 Å². The van der Waals surface area contributed by atoms with Crippen molar-refractivity contribution in [2.75, 3.05) is 6.54 Å². The molecule has 1 saturated carbocycles. The van der Waals surface area contributed by atoms with Gasteiger partial charge in [-0.2, -0.15) is 0 Å². The highest BCUT2D eigenvalue weighted by Crippen LogP contribution is 2.30. The van der Waals surface area contributed by atoms with Crippen LogP contribution in [0.4, 0.5) is 0 Å². The topological polar surface area (TPSA) is 32.3 Å². The van der Waals surface area contributed by atoms with E-state index in [2.05, 4.69) is 17.4 Å². The third kappa shape index (κ3) is 3.29. The Labute approximate surface area is 127 Å². The van der Waals surface area contributed by atoms with E-state index in [4.69, 9.17) is 0 Å². The minimum absolute atomic E-state index is 0.0530. The third-order valence-electron chi connectivity index (χ3n) is 4.97. The Bertz CT molecular complexity index is 467. The zero-order valence-electron chi connectivity index (χ0n) is 12.9. The fourth-order valence-electron chi connectivity index (χ4n) is 3.77. The molecule has 0 radical (unpaired) electrons. The number of carbonyl (C=O) groups is 1. The largest absolute Gasteiger partial charge is 0.322 e. The second kappa shape index (κ2) is 6.61. The van der Waals surface area contributed by atoms with E-state index in [-0.39, 0.29) is 18.1 Å². The number of amides is 1. The predicted molar refractivity (Wildman–Crippen MR) is 84.7 cm³/mol. The molecule has 21 heavy (non-hydrogen) atoms. The minimum Gasteiger partial charge on any atom is -0.322 e. The zero-order chi connectivity index (χ0) is 14.7. The van der Waals surface area contributed by atoms with E-state index in [1.165, 1.54) is 37.7 Å². The lowest BCUT2D eigenvalue weighted by Crippen LogP contribution is -2.31. The Kier molecular flexibility index (Phi) is 4.59. The molecule has 1 aliphatic carbocycles. The standard InChI is InChI=1S/C18H26N2O/c1-14-18(21)20(13-7-10-15-8-5-6-9-15)17(19-14)16-11-3-2-4-12-16/h2-4,11-12,14-15,17,19H,5-10,13H2,1H3. The van der Waals surface area contributed by atoms with Gasteiger partial charge in [0, 0.05) is 6.54 Å². The molecule has 2 aliphatic rings. The Morgan fingerprint density at radius 3 is 2.62 bits per heavy atom. The molecular formula is C18H26N2O. The molecule has 1 aromatic carbocycles. The van der Waals surface area contributed by atoms with E-state index in [1.807, 2.05) is 30.0 Å². The lowest BCUT2D eigenvalue weighted by molar-refractivity contribution is -0.129. The molecule has 3 rings (SSSR count). The molecule has 0 aromatic heterocycles. The zero-order valence-corrected chi connectivity index (χ0v) is 12.9. The molecule has 0 bridgehead atoms. The summed E-state index contributed by atoms with van der Waals surface area (Å²) in [5.74, 6) is 1.15. The number of carbonyl (C=O) groups excluding carboxylic acids is 1. The molecule has 2 atom stereocenters. The van der Waals surface area contributed by atoms with Crippen LogP contribution in [0.15, 0.2) is 30.3 Å². The van der Waals surface area contributed by atoms with Gasteiger partial charge in [-0.15, -0.1) is 0 Å². The number of nitrogens with one attached hydrogen (secondary N) is 1. The molecular weight excluding hydrogens is 260 g/mol. The van der Waals surface area contributed by atoms with E-state index in [1.54, 1.807) is 0 Å². The summed E-state index contributed by atoms with van der Waals surface area (Å²) in [6.07, 6.45) is 8.05. The third-order valence-corrected chi connectivity index (χ3v) is 4.97. The van der Waals surface area contributed by atoms with Gasteiger partial charge in [0.2, 0.25) is 5.91 Å². The van der Waals surface area contributed by atoms with Gasteiger partial charge < -0.3 is 4.90 Å². The monoisotopic (exact) mass is 286 g/mol. The van der Waals surface area contributed by atoms with Crippen molar-refractivity contribution >= 4 is 5.91 Å². The molecule has 1 heterocycles. The Balaban J connectivity index is 1.61. The second-order valence-electron chi connectivity index (χ2n) is 6.53. The predicted octanol–water partition coefficient (Wildman–Crippen LogP) is 3.48. The maximum absolute atomic E-state index is 12.4. The highest BCUT2D eigenvalue weighted by Gasteiger charge is 2.36. The van der Waals surface area contributed by atoms with Crippen LogP contribution >= 0.6 is 0 Å². The number of benzene rings is 1. The van der Waals surface area contributed by atoms with Gasteiger partial charge in [-0.05, 0) is 31.2 Å². The summed E-state index contributed by atoms with van der Waals surface area (Å²) in [5, 5.41) is 3.42. The van der Waals surface area contributed by atoms with E-state index >= 15 is 0 Å². The van der Waals surface area contributed by atoms with Crippen LogP contribution in [0.1, 0.15) is 57.2 Å². The smallest absolute Gasteiger partial charge is 0.241 e. The van der Waals surface area contributed by atoms with Crippen LogP contribution in [-0.2, 0) is 4.79 Å². The van der Waals surface area contributed by atoms with Gasteiger partial charge in [0.1, 0.15) is 6.17 Å².